The van der Waals surface area contributed by atoms with Gasteiger partial charge >= 0.3 is 0 Å². The second-order valence-electron chi connectivity index (χ2n) is 6.49. The zero-order valence-corrected chi connectivity index (χ0v) is 13.9. The van der Waals surface area contributed by atoms with E-state index < -0.39 is 11.9 Å². The fraction of sp³-hybridized carbons (Fsp3) is 0.389. The first kappa shape index (κ1) is 16.0. The highest BCUT2D eigenvalue weighted by atomic mass is 19.1. The Balaban J connectivity index is 1.64. The Bertz CT molecular complexity index is 883. The van der Waals surface area contributed by atoms with Gasteiger partial charge in [0.2, 0.25) is 0 Å². The van der Waals surface area contributed by atoms with Crippen molar-refractivity contribution in [2.75, 3.05) is 0 Å². The molecule has 0 radical (unpaired) electrons. The predicted octanol–water partition coefficient (Wildman–Crippen LogP) is 3.44. The van der Waals surface area contributed by atoms with Crippen LogP contribution >= 0.6 is 0 Å². The number of nitrogens with zero attached hydrogens (tertiary/aromatic N) is 4. The van der Waals surface area contributed by atoms with Crippen molar-refractivity contribution in [3.05, 3.63) is 53.4 Å². The molecule has 2 aromatic heterocycles. The molecule has 0 spiro atoms. The fourth-order valence-corrected chi connectivity index (χ4v) is 3.12. The Morgan fingerprint density at radius 3 is 2.92 bits per heavy atom. The van der Waals surface area contributed by atoms with Crippen molar-refractivity contribution < 1.29 is 14.0 Å². The molecule has 2 heterocycles. The number of aromatic nitrogens is 4. The summed E-state index contributed by atoms with van der Waals surface area (Å²) >= 11 is 0. The van der Waals surface area contributed by atoms with Crippen molar-refractivity contribution in [2.24, 2.45) is 0 Å². The van der Waals surface area contributed by atoms with Gasteiger partial charge in [0.15, 0.2) is 11.6 Å². The molecule has 3 aromatic rings. The lowest BCUT2D eigenvalue weighted by molar-refractivity contribution is 0.199. The van der Waals surface area contributed by atoms with Gasteiger partial charge in [-0.05, 0) is 43.5 Å². The van der Waals surface area contributed by atoms with Crippen LogP contribution in [0.2, 0.25) is 0 Å². The maximum absolute atomic E-state index is 13.5. The average molecular weight is 342 g/mol. The van der Waals surface area contributed by atoms with Gasteiger partial charge in [-0.15, -0.1) is 0 Å². The van der Waals surface area contributed by atoms with Gasteiger partial charge in [-0.2, -0.15) is 5.10 Å². The minimum Gasteiger partial charge on any atom is -0.389 e. The third kappa shape index (κ3) is 3.07. The largest absolute Gasteiger partial charge is 0.389 e. The van der Waals surface area contributed by atoms with E-state index in [-0.39, 0.29) is 0 Å². The van der Waals surface area contributed by atoms with Crippen LogP contribution < -0.4 is 0 Å². The molecule has 25 heavy (non-hydrogen) atoms. The minimum absolute atomic E-state index is 0.381. The summed E-state index contributed by atoms with van der Waals surface area (Å²) in [6.45, 7) is 1.98. The average Bonchev–Trinajstić information content (AvgIpc) is 3.16. The van der Waals surface area contributed by atoms with Crippen LogP contribution in [0.4, 0.5) is 4.39 Å². The number of aliphatic hydroxyl groups excluding tert-OH is 1. The van der Waals surface area contributed by atoms with Crippen molar-refractivity contribution in [2.45, 2.75) is 44.8 Å². The zero-order valence-electron chi connectivity index (χ0n) is 13.9. The lowest BCUT2D eigenvalue weighted by Crippen LogP contribution is -2.08. The summed E-state index contributed by atoms with van der Waals surface area (Å²) in [7, 11) is 0. The van der Waals surface area contributed by atoms with Gasteiger partial charge in [0.05, 0.1) is 11.8 Å². The number of aliphatic hydroxyl groups is 1. The Hall–Kier alpha value is -2.54. The molecule has 0 aliphatic heterocycles. The lowest BCUT2D eigenvalue weighted by atomic mass is 9.83. The number of benzene rings is 1. The van der Waals surface area contributed by atoms with Gasteiger partial charge in [-0.25, -0.2) is 14.1 Å². The number of hydrogen-bond acceptors (Lipinski definition) is 5. The lowest BCUT2D eigenvalue weighted by Gasteiger charge is -2.22. The summed E-state index contributed by atoms with van der Waals surface area (Å²) < 4.78 is 20.6. The second-order valence-corrected chi connectivity index (χ2v) is 6.49. The quantitative estimate of drug-likeness (QED) is 0.768. The van der Waals surface area contributed by atoms with Crippen LogP contribution in [0.25, 0.3) is 11.4 Å². The van der Waals surface area contributed by atoms with Crippen molar-refractivity contribution in [3.8, 4) is 11.4 Å². The molecule has 7 heteroatoms. The first-order chi connectivity index (χ1) is 12.1. The molecule has 1 aliphatic rings. The molecule has 1 fully saturated rings. The Morgan fingerprint density at radius 2 is 2.20 bits per heavy atom. The van der Waals surface area contributed by atoms with Crippen LogP contribution in [0.1, 0.15) is 55.2 Å². The van der Waals surface area contributed by atoms with Crippen LogP contribution in [0.3, 0.4) is 0 Å². The summed E-state index contributed by atoms with van der Waals surface area (Å²) in [5.74, 6) is 1.37. The van der Waals surface area contributed by atoms with E-state index in [2.05, 4.69) is 15.2 Å². The maximum Gasteiger partial charge on any atom is 0.158 e. The topological polar surface area (TPSA) is 77.0 Å². The number of hydrogen-bond donors (Lipinski definition) is 1. The molecule has 4 rings (SSSR count). The van der Waals surface area contributed by atoms with Gasteiger partial charge in [0.1, 0.15) is 18.7 Å². The van der Waals surface area contributed by atoms with Crippen molar-refractivity contribution >= 4 is 0 Å². The highest BCUT2D eigenvalue weighted by molar-refractivity contribution is 5.61. The summed E-state index contributed by atoms with van der Waals surface area (Å²) in [4.78, 5) is 4.28. The SMILES string of the molecule is C[C@@H](O)c1cc(F)ccc1-c1ncnn1Cc1cc(C2CCC2)no1. The highest BCUT2D eigenvalue weighted by Gasteiger charge is 2.23. The zero-order chi connectivity index (χ0) is 17.4. The second kappa shape index (κ2) is 6.40. The summed E-state index contributed by atoms with van der Waals surface area (Å²) in [5.41, 5.74) is 2.11. The van der Waals surface area contributed by atoms with E-state index in [0.717, 1.165) is 18.5 Å². The van der Waals surface area contributed by atoms with Crippen LogP contribution in [0.5, 0.6) is 0 Å². The van der Waals surface area contributed by atoms with Gasteiger partial charge in [-0.3, -0.25) is 0 Å². The van der Waals surface area contributed by atoms with Gasteiger partial charge in [0.25, 0.3) is 0 Å². The monoisotopic (exact) mass is 342 g/mol. The van der Waals surface area contributed by atoms with Crippen LogP contribution in [0, 0.1) is 5.82 Å². The summed E-state index contributed by atoms with van der Waals surface area (Å²) in [6.07, 6.45) is 4.19. The van der Waals surface area contributed by atoms with E-state index in [1.165, 1.54) is 24.9 Å². The first-order valence-corrected chi connectivity index (χ1v) is 8.43. The molecule has 0 amide bonds. The van der Waals surface area contributed by atoms with E-state index in [0.29, 0.717) is 35.2 Å². The Kier molecular flexibility index (Phi) is 4.09. The molecular formula is C18H19FN4O2. The molecule has 0 bridgehead atoms. The van der Waals surface area contributed by atoms with Crippen LogP contribution in [-0.2, 0) is 6.54 Å². The third-order valence-corrected chi connectivity index (χ3v) is 4.73. The van der Waals surface area contributed by atoms with Gasteiger partial charge < -0.3 is 9.63 Å². The van der Waals surface area contributed by atoms with E-state index in [9.17, 15) is 9.50 Å². The summed E-state index contributed by atoms with van der Waals surface area (Å²) in [6, 6.07) is 6.25. The fourth-order valence-electron chi connectivity index (χ4n) is 3.12. The van der Waals surface area contributed by atoms with Crippen molar-refractivity contribution in [1.29, 1.82) is 0 Å². The molecule has 1 atom stereocenters. The molecular weight excluding hydrogens is 323 g/mol. The van der Waals surface area contributed by atoms with E-state index in [1.807, 2.05) is 6.07 Å². The standard InChI is InChI=1S/C18H19FN4O2/c1-11(24)16-7-13(19)5-6-15(16)18-20-10-21-23(18)9-14-8-17(22-25-14)12-3-2-4-12/h5-8,10-12,24H,2-4,9H2,1H3/t11-/m1/s1. The number of halogens is 1. The molecule has 0 unspecified atom stereocenters. The molecule has 130 valence electrons. The smallest absolute Gasteiger partial charge is 0.158 e. The Labute approximate surface area is 144 Å². The first-order valence-electron chi connectivity index (χ1n) is 8.43. The molecule has 0 saturated heterocycles. The maximum atomic E-state index is 13.5. The molecule has 1 saturated carbocycles. The molecule has 1 aromatic carbocycles. The van der Waals surface area contributed by atoms with E-state index in [1.54, 1.807) is 17.7 Å². The minimum atomic E-state index is -0.814. The van der Waals surface area contributed by atoms with Crippen LogP contribution in [0.15, 0.2) is 35.1 Å². The molecule has 6 nitrogen and oxygen atoms in total. The molecule has 1 aliphatic carbocycles. The van der Waals surface area contributed by atoms with Crippen LogP contribution in [-0.4, -0.2) is 25.0 Å². The van der Waals surface area contributed by atoms with Gasteiger partial charge in [0, 0.05) is 17.5 Å². The van der Waals surface area contributed by atoms with Crippen molar-refractivity contribution in [3.63, 3.8) is 0 Å². The normalized spacial score (nSPS) is 16.0. The third-order valence-electron chi connectivity index (χ3n) is 4.73. The summed E-state index contributed by atoms with van der Waals surface area (Å²) in [5, 5.41) is 18.3. The number of rotatable bonds is 5. The van der Waals surface area contributed by atoms with Crippen molar-refractivity contribution in [1.82, 2.24) is 19.9 Å². The van der Waals surface area contributed by atoms with E-state index in [4.69, 9.17) is 4.52 Å². The van der Waals surface area contributed by atoms with E-state index >= 15 is 0 Å². The highest BCUT2D eigenvalue weighted by Crippen LogP contribution is 2.36. The Morgan fingerprint density at radius 1 is 1.36 bits per heavy atom. The molecule has 1 N–H and O–H groups in total. The van der Waals surface area contributed by atoms with Gasteiger partial charge in [-0.1, -0.05) is 11.6 Å². The predicted molar refractivity (Wildman–Crippen MR) is 88.2 cm³/mol.